The van der Waals surface area contributed by atoms with E-state index >= 15 is 0 Å². The normalized spacial score (nSPS) is 18.2. The average molecular weight is 369 g/mol. The van der Waals surface area contributed by atoms with Crippen molar-refractivity contribution in [3.05, 3.63) is 59.4 Å². The van der Waals surface area contributed by atoms with E-state index in [-0.39, 0.29) is 15.8 Å². The van der Waals surface area contributed by atoms with E-state index in [0.29, 0.717) is 18.7 Å². The predicted octanol–water partition coefficient (Wildman–Crippen LogP) is 2.56. The van der Waals surface area contributed by atoms with Crippen LogP contribution in [0, 0.1) is 5.82 Å². The fourth-order valence-electron chi connectivity index (χ4n) is 2.58. The van der Waals surface area contributed by atoms with Gasteiger partial charge in [-0.05, 0) is 42.8 Å². The molecular weight excluding hydrogens is 355 g/mol. The van der Waals surface area contributed by atoms with Gasteiger partial charge < -0.3 is 4.90 Å². The van der Waals surface area contributed by atoms with Crippen LogP contribution in [0.15, 0.2) is 53.4 Å². The quantitative estimate of drug-likeness (QED) is 0.902. The van der Waals surface area contributed by atoms with Gasteiger partial charge in [-0.1, -0.05) is 23.7 Å². The zero-order valence-corrected chi connectivity index (χ0v) is 14.0. The molecule has 8 heteroatoms. The van der Waals surface area contributed by atoms with Gasteiger partial charge in [-0.3, -0.25) is 4.79 Å². The summed E-state index contributed by atoms with van der Waals surface area (Å²) >= 11 is 5.92. The smallest absolute Gasteiger partial charge is 0.245 e. The second-order valence-electron chi connectivity index (χ2n) is 5.36. The van der Waals surface area contributed by atoms with E-state index < -0.39 is 21.9 Å². The number of hydrogen-bond donors (Lipinski definition) is 1. The Kier molecular flexibility index (Phi) is 4.58. The second-order valence-corrected chi connectivity index (χ2v) is 7.45. The fourth-order valence-corrected chi connectivity index (χ4v) is 4.32. The Hall–Kier alpha value is -1.96. The van der Waals surface area contributed by atoms with Crippen molar-refractivity contribution in [2.24, 2.45) is 0 Å². The number of nitrogens with zero attached hydrogens (tertiary/aromatic N) is 1. The number of carbonyl (C=O) groups excluding carboxylic acids is 1. The minimum atomic E-state index is -3.91. The minimum absolute atomic E-state index is 0.0697. The van der Waals surface area contributed by atoms with Crippen LogP contribution in [0.5, 0.6) is 0 Å². The largest absolute Gasteiger partial charge is 0.311 e. The zero-order valence-electron chi connectivity index (χ0n) is 12.4. The molecule has 0 saturated carbocycles. The van der Waals surface area contributed by atoms with Gasteiger partial charge in [-0.15, -0.1) is 0 Å². The van der Waals surface area contributed by atoms with Crippen molar-refractivity contribution >= 4 is 33.2 Å². The van der Waals surface area contributed by atoms with Gasteiger partial charge in [-0.25, -0.2) is 12.8 Å². The number of rotatable bonds is 4. The molecule has 3 rings (SSSR count). The molecule has 0 aromatic heterocycles. The Labute approximate surface area is 144 Å². The van der Waals surface area contributed by atoms with Gasteiger partial charge in [0.25, 0.3) is 0 Å². The lowest BCUT2D eigenvalue weighted by Gasteiger charge is -2.17. The molecule has 1 aliphatic heterocycles. The number of anilines is 1. The first-order chi connectivity index (χ1) is 11.4. The van der Waals surface area contributed by atoms with Crippen LogP contribution in [-0.4, -0.2) is 26.9 Å². The lowest BCUT2D eigenvalue weighted by atomic mass is 10.3. The molecule has 2 aromatic carbocycles. The molecule has 0 radical (unpaired) electrons. The van der Waals surface area contributed by atoms with Crippen LogP contribution in [0.3, 0.4) is 0 Å². The SMILES string of the molecule is O=C1[C@H](NS(=O)(=O)c2ccccc2Cl)CCN1c1ccc(F)cc1. The summed E-state index contributed by atoms with van der Waals surface area (Å²) in [6.45, 7) is 0.347. The third-order valence-electron chi connectivity index (χ3n) is 3.77. The van der Waals surface area contributed by atoms with Gasteiger partial charge in [-0.2, -0.15) is 4.72 Å². The van der Waals surface area contributed by atoms with Crippen molar-refractivity contribution in [2.45, 2.75) is 17.4 Å². The van der Waals surface area contributed by atoms with Gasteiger partial charge in [0, 0.05) is 12.2 Å². The van der Waals surface area contributed by atoms with Gasteiger partial charge in [0.2, 0.25) is 15.9 Å². The number of benzene rings is 2. The number of amides is 1. The van der Waals surface area contributed by atoms with Crippen molar-refractivity contribution < 1.29 is 17.6 Å². The Morgan fingerprint density at radius 1 is 1.12 bits per heavy atom. The second kappa shape index (κ2) is 6.51. The van der Waals surface area contributed by atoms with Crippen molar-refractivity contribution in [2.75, 3.05) is 11.4 Å². The third-order valence-corrected chi connectivity index (χ3v) is 5.74. The van der Waals surface area contributed by atoms with E-state index in [0.717, 1.165) is 0 Å². The highest BCUT2D eigenvalue weighted by molar-refractivity contribution is 7.89. The maximum atomic E-state index is 13.0. The molecule has 1 fully saturated rings. The van der Waals surface area contributed by atoms with Gasteiger partial charge in [0.15, 0.2) is 0 Å². The van der Waals surface area contributed by atoms with Crippen LogP contribution >= 0.6 is 11.6 Å². The highest BCUT2D eigenvalue weighted by Gasteiger charge is 2.36. The fraction of sp³-hybridized carbons (Fsp3) is 0.188. The molecule has 1 N–H and O–H groups in total. The molecule has 0 spiro atoms. The molecule has 126 valence electrons. The van der Waals surface area contributed by atoms with Crippen molar-refractivity contribution in [1.29, 1.82) is 0 Å². The molecule has 0 bridgehead atoms. The van der Waals surface area contributed by atoms with Crippen molar-refractivity contribution in [3.8, 4) is 0 Å². The Morgan fingerprint density at radius 2 is 1.79 bits per heavy atom. The summed E-state index contributed by atoms with van der Waals surface area (Å²) in [6.07, 6.45) is 0.319. The molecule has 0 unspecified atom stereocenters. The Morgan fingerprint density at radius 3 is 2.46 bits per heavy atom. The number of hydrogen-bond acceptors (Lipinski definition) is 3. The van der Waals surface area contributed by atoms with Crippen molar-refractivity contribution in [1.82, 2.24) is 4.72 Å². The lowest BCUT2D eigenvalue weighted by molar-refractivity contribution is -0.118. The summed E-state index contributed by atoms with van der Waals surface area (Å²) in [5.74, 6) is -0.779. The summed E-state index contributed by atoms with van der Waals surface area (Å²) in [7, 11) is -3.91. The van der Waals surface area contributed by atoms with Crippen LogP contribution < -0.4 is 9.62 Å². The lowest BCUT2D eigenvalue weighted by Crippen LogP contribution is -2.41. The molecule has 0 aliphatic carbocycles. The highest BCUT2D eigenvalue weighted by atomic mass is 35.5. The Bertz CT molecular complexity index is 871. The van der Waals surface area contributed by atoms with Crippen LogP contribution in [-0.2, 0) is 14.8 Å². The molecule has 24 heavy (non-hydrogen) atoms. The van der Waals surface area contributed by atoms with E-state index in [9.17, 15) is 17.6 Å². The summed E-state index contributed by atoms with van der Waals surface area (Å²) < 4.78 is 40.2. The van der Waals surface area contributed by atoms with E-state index in [1.165, 1.54) is 41.3 Å². The molecule has 1 amide bonds. The van der Waals surface area contributed by atoms with Crippen LogP contribution in [0.2, 0.25) is 5.02 Å². The molecule has 5 nitrogen and oxygen atoms in total. The van der Waals surface area contributed by atoms with Gasteiger partial charge in [0.05, 0.1) is 5.02 Å². The van der Waals surface area contributed by atoms with E-state index in [1.807, 2.05) is 0 Å². The summed E-state index contributed by atoms with van der Waals surface area (Å²) in [6, 6.07) is 10.6. The van der Waals surface area contributed by atoms with Crippen LogP contribution in [0.4, 0.5) is 10.1 Å². The standard InChI is InChI=1S/C16H14ClFN2O3S/c17-13-3-1-2-4-15(13)24(22,23)19-14-9-10-20(16(14)21)12-7-5-11(18)6-8-12/h1-8,14,19H,9-10H2/t14-/m1/s1. The van der Waals surface area contributed by atoms with E-state index in [4.69, 9.17) is 11.6 Å². The molecule has 2 aromatic rings. The first-order valence-electron chi connectivity index (χ1n) is 7.22. The van der Waals surface area contributed by atoms with Gasteiger partial charge >= 0.3 is 0 Å². The third kappa shape index (κ3) is 3.28. The number of halogens is 2. The number of carbonyl (C=O) groups is 1. The minimum Gasteiger partial charge on any atom is -0.311 e. The zero-order chi connectivity index (χ0) is 17.3. The van der Waals surface area contributed by atoms with E-state index in [2.05, 4.69) is 4.72 Å². The summed E-state index contributed by atoms with van der Waals surface area (Å²) in [5, 5.41) is 0.0887. The summed E-state index contributed by atoms with van der Waals surface area (Å²) in [4.78, 5) is 13.8. The molecule has 1 heterocycles. The maximum Gasteiger partial charge on any atom is 0.245 e. The van der Waals surface area contributed by atoms with Crippen molar-refractivity contribution in [3.63, 3.8) is 0 Å². The predicted molar refractivity (Wildman–Crippen MR) is 88.9 cm³/mol. The topological polar surface area (TPSA) is 66.5 Å². The van der Waals surface area contributed by atoms with Crippen LogP contribution in [0.1, 0.15) is 6.42 Å². The molecule has 1 aliphatic rings. The maximum absolute atomic E-state index is 13.0. The molecule has 1 atom stereocenters. The highest BCUT2D eigenvalue weighted by Crippen LogP contribution is 2.25. The van der Waals surface area contributed by atoms with E-state index in [1.54, 1.807) is 12.1 Å². The first kappa shape index (κ1) is 16.9. The molecule has 1 saturated heterocycles. The monoisotopic (exact) mass is 368 g/mol. The number of sulfonamides is 1. The number of nitrogens with one attached hydrogen (secondary N) is 1. The van der Waals surface area contributed by atoms with Gasteiger partial charge in [0.1, 0.15) is 16.8 Å². The first-order valence-corrected chi connectivity index (χ1v) is 9.08. The van der Waals surface area contributed by atoms with Crippen LogP contribution in [0.25, 0.3) is 0 Å². The summed E-state index contributed by atoms with van der Waals surface area (Å²) in [5.41, 5.74) is 0.529. The Balaban J connectivity index is 1.79. The average Bonchev–Trinajstić information content (AvgIpc) is 2.89. The molecular formula is C16H14ClFN2O3S.